The second kappa shape index (κ2) is 6.03. The van der Waals surface area contributed by atoms with Crippen LogP contribution >= 0.6 is 11.6 Å². The molecule has 22 heavy (non-hydrogen) atoms. The zero-order valence-electron chi connectivity index (χ0n) is 11.8. The zero-order chi connectivity index (χ0) is 15.5. The fourth-order valence-electron chi connectivity index (χ4n) is 1.95. The van der Waals surface area contributed by atoms with Gasteiger partial charge in [-0.05, 0) is 36.8 Å². The Hall–Kier alpha value is -2.60. The summed E-state index contributed by atoms with van der Waals surface area (Å²) in [5, 5.41) is 7.30. The Morgan fingerprint density at radius 3 is 3.00 bits per heavy atom. The smallest absolute Gasteiger partial charge is 0.292 e. The topological polar surface area (TPSA) is 73.0 Å². The number of amides is 1. The molecule has 0 radical (unpaired) electrons. The maximum absolute atomic E-state index is 12.1. The molecule has 0 aliphatic rings. The average molecular weight is 317 g/mol. The highest BCUT2D eigenvalue weighted by Gasteiger charge is 2.12. The van der Waals surface area contributed by atoms with Crippen LogP contribution in [0.15, 0.2) is 47.3 Å². The molecule has 0 fully saturated rings. The van der Waals surface area contributed by atoms with Gasteiger partial charge >= 0.3 is 0 Å². The molecule has 0 saturated heterocycles. The molecule has 0 aliphatic carbocycles. The van der Waals surface area contributed by atoms with Crippen molar-refractivity contribution in [3.05, 3.63) is 65.0 Å². The second-order valence-corrected chi connectivity index (χ2v) is 5.23. The lowest BCUT2D eigenvalue weighted by Gasteiger charge is -2.03. The normalized spacial score (nSPS) is 10.6. The van der Waals surface area contributed by atoms with E-state index in [2.05, 4.69) is 15.4 Å². The molecule has 7 heteroatoms. The van der Waals surface area contributed by atoms with Crippen LogP contribution in [0.3, 0.4) is 0 Å². The van der Waals surface area contributed by atoms with Gasteiger partial charge in [0.2, 0.25) is 0 Å². The number of carbonyl (C=O) groups is 1. The third-order valence-electron chi connectivity index (χ3n) is 2.96. The van der Waals surface area contributed by atoms with Crippen molar-refractivity contribution in [2.45, 2.75) is 13.5 Å². The lowest BCUT2D eigenvalue weighted by Crippen LogP contribution is -2.12. The molecule has 112 valence electrons. The molecule has 3 heterocycles. The fraction of sp³-hybridized carbons (Fsp3) is 0.133. The Bertz CT molecular complexity index is 809. The Morgan fingerprint density at radius 1 is 1.41 bits per heavy atom. The van der Waals surface area contributed by atoms with Crippen molar-refractivity contribution >= 4 is 23.3 Å². The summed E-state index contributed by atoms with van der Waals surface area (Å²) in [5.74, 6) is 0.975. The van der Waals surface area contributed by atoms with Crippen LogP contribution in [0.2, 0.25) is 5.02 Å². The number of aryl methyl sites for hydroxylation is 1. The van der Waals surface area contributed by atoms with Crippen molar-refractivity contribution in [2.75, 3.05) is 5.32 Å². The number of nitrogens with one attached hydrogen (secondary N) is 1. The van der Waals surface area contributed by atoms with Crippen LogP contribution in [0.5, 0.6) is 0 Å². The Labute approximate surface area is 131 Å². The number of halogens is 1. The minimum Gasteiger partial charge on any atom is -0.454 e. The summed E-state index contributed by atoms with van der Waals surface area (Å²) in [6, 6.07) is 6.99. The first-order valence-corrected chi connectivity index (χ1v) is 6.98. The van der Waals surface area contributed by atoms with Crippen LogP contribution in [0.1, 0.15) is 21.9 Å². The lowest BCUT2D eigenvalue weighted by atomic mass is 10.3. The molecule has 0 saturated carbocycles. The summed E-state index contributed by atoms with van der Waals surface area (Å²) >= 11 is 5.80. The van der Waals surface area contributed by atoms with E-state index in [1.54, 1.807) is 41.5 Å². The van der Waals surface area contributed by atoms with Crippen LogP contribution in [0, 0.1) is 6.92 Å². The predicted octanol–water partition coefficient (Wildman–Crippen LogP) is 3.13. The van der Waals surface area contributed by atoms with Gasteiger partial charge in [-0.3, -0.25) is 9.48 Å². The first-order chi connectivity index (χ1) is 10.6. The minimum absolute atomic E-state index is 0.219. The van der Waals surface area contributed by atoms with Crippen molar-refractivity contribution in [3.8, 4) is 0 Å². The standard InChI is InChI=1S/C15H13ClN4O2/c1-10-4-5-17-14(6-10)19-15(21)13-3-2-12(22-13)9-20-8-11(16)7-18-20/h2-8H,9H2,1H3,(H,17,19,21). The first kappa shape index (κ1) is 14.3. The van der Waals surface area contributed by atoms with E-state index in [1.165, 1.54) is 0 Å². The third kappa shape index (κ3) is 3.35. The van der Waals surface area contributed by atoms with E-state index in [0.717, 1.165) is 5.56 Å². The van der Waals surface area contributed by atoms with E-state index in [1.807, 2.05) is 13.0 Å². The van der Waals surface area contributed by atoms with Crippen LogP contribution in [0.25, 0.3) is 0 Å². The Balaban J connectivity index is 1.69. The van der Waals surface area contributed by atoms with Crippen molar-refractivity contribution < 1.29 is 9.21 Å². The molecule has 0 aromatic carbocycles. The number of hydrogen-bond donors (Lipinski definition) is 1. The van der Waals surface area contributed by atoms with Gasteiger partial charge in [-0.25, -0.2) is 4.98 Å². The van der Waals surface area contributed by atoms with Crippen LogP contribution in [-0.2, 0) is 6.54 Å². The van der Waals surface area contributed by atoms with Gasteiger partial charge in [-0.15, -0.1) is 0 Å². The van der Waals surface area contributed by atoms with Crippen LogP contribution in [0.4, 0.5) is 5.82 Å². The number of furan rings is 1. The number of rotatable bonds is 4. The lowest BCUT2D eigenvalue weighted by molar-refractivity contribution is 0.0994. The first-order valence-electron chi connectivity index (χ1n) is 6.61. The average Bonchev–Trinajstić information content (AvgIpc) is 3.09. The largest absolute Gasteiger partial charge is 0.454 e. The molecule has 6 nitrogen and oxygen atoms in total. The maximum Gasteiger partial charge on any atom is 0.292 e. The molecule has 1 amide bonds. The van der Waals surface area contributed by atoms with E-state index in [-0.39, 0.29) is 11.7 Å². The number of nitrogens with zero attached hydrogens (tertiary/aromatic N) is 3. The Kier molecular flexibility index (Phi) is 3.93. The highest BCUT2D eigenvalue weighted by atomic mass is 35.5. The molecule has 3 aromatic heterocycles. The maximum atomic E-state index is 12.1. The Morgan fingerprint density at radius 2 is 2.27 bits per heavy atom. The van der Waals surface area contributed by atoms with Gasteiger partial charge in [0.05, 0.1) is 17.8 Å². The van der Waals surface area contributed by atoms with Gasteiger partial charge in [-0.2, -0.15) is 5.10 Å². The second-order valence-electron chi connectivity index (χ2n) is 4.79. The number of pyridine rings is 1. The van der Waals surface area contributed by atoms with Crippen molar-refractivity contribution in [1.82, 2.24) is 14.8 Å². The van der Waals surface area contributed by atoms with Gasteiger partial charge in [0, 0.05) is 12.4 Å². The SMILES string of the molecule is Cc1ccnc(NC(=O)c2ccc(Cn3cc(Cl)cn3)o2)c1. The summed E-state index contributed by atoms with van der Waals surface area (Å²) in [6.07, 6.45) is 4.86. The molecule has 0 atom stereocenters. The van der Waals surface area contributed by atoms with Gasteiger partial charge in [0.15, 0.2) is 5.76 Å². The van der Waals surface area contributed by atoms with E-state index >= 15 is 0 Å². The number of anilines is 1. The number of aromatic nitrogens is 3. The molecule has 0 bridgehead atoms. The van der Waals surface area contributed by atoms with E-state index in [0.29, 0.717) is 23.1 Å². The summed E-state index contributed by atoms with van der Waals surface area (Å²) in [4.78, 5) is 16.2. The van der Waals surface area contributed by atoms with E-state index in [9.17, 15) is 4.79 Å². The van der Waals surface area contributed by atoms with Gasteiger partial charge < -0.3 is 9.73 Å². The fourth-order valence-corrected chi connectivity index (χ4v) is 2.11. The quantitative estimate of drug-likeness (QED) is 0.802. The molecule has 1 N–H and O–H groups in total. The van der Waals surface area contributed by atoms with Crippen molar-refractivity contribution in [1.29, 1.82) is 0 Å². The summed E-state index contributed by atoms with van der Waals surface area (Å²) in [7, 11) is 0. The molecular weight excluding hydrogens is 304 g/mol. The third-order valence-corrected chi connectivity index (χ3v) is 3.16. The summed E-state index contributed by atoms with van der Waals surface area (Å²) in [6.45, 7) is 2.33. The minimum atomic E-state index is -0.345. The van der Waals surface area contributed by atoms with Gasteiger partial charge in [0.25, 0.3) is 5.91 Å². The summed E-state index contributed by atoms with van der Waals surface area (Å²) in [5.41, 5.74) is 1.01. The van der Waals surface area contributed by atoms with Crippen LogP contribution < -0.4 is 5.32 Å². The van der Waals surface area contributed by atoms with E-state index < -0.39 is 0 Å². The molecular formula is C15H13ClN4O2. The predicted molar refractivity (Wildman–Crippen MR) is 82.0 cm³/mol. The number of hydrogen-bond acceptors (Lipinski definition) is 4. The summed E-state index contributed by atoms with van der Waals surface area (Å²) < 4.78 is 7.15. The van der Waals surface area contributed by atoms with E-state index in [4.69, 9.17) is 16.0 Å². The monoisotopic (exact) mass is 316 g/mol. The van der Waals surface area contributed by atoms with Crippen molar-refractivity contribution in [3.63, 3.8) is 0 Å². The highest BCUT2D eigenvalue weighted by molar-refractivity contribution is 6.30. The molecule has 0 spiro atoms. The zero-order valence-corrected chi connectivity index (χ0v) is 12.5. The number of carbonyl (C=O) groups excluding carboxylic acids is 1. The molecule has 0 aliphatic heterocycles. The van der Waals surface area contributed by atoms with Gasteiger partial charge in [-0.1, -0.05) is 11.6 Å². The van der Waals surface area contributed by atoms with Crippen molar-refractivity contribution in [2.24, 2.45) is 0 Å². The molecule has 3 rings (SSSR count). The van der Waals surface area contributed by atoms with Gasteiger partial charge in [0.1, 0.15) is 11.6 Å². The molecule has 3 aromatic rings. The highest BCUT2D eigenvalue weighted by Crippen LogP contribution is 2.13. The van der Waals surface area contributed by atoms with Crippen LogP contribution in [-0.4, -0.2) is 20.7 Å². The molecule has 0 unspecified atom stereocenters.